The van der Waals surface area contributed by atoms with Gasteiger partial charge in [-0.15, -0.1) is 0 Å². The SMILES string of the molecule is CC(C)c1cccnc1.CC(C)n1cccn1. The third-order valence-corrected chi connectivity index (χ3v) is 2.41. The van der Waals surface area contributed by atoms with Gasteiger partial charge in [-0.05, 0) is 37.5 Å². The average Bonchev–Trinajstić information content (AvgIpc) is 2.84. The van der Waals surface area contributed by atoms with Crippen molar-refractivity contribution in [2.24, 2.45) is 0 Å². The number of hydrogen-bond donors (Lipinski definition) is 0. The van der Waals surface area contributed by atoms with Crippen molar-refractivity contribution < 1.29 is 0 Å². The van der Waals surface area contributed by atoms with Gasteiger partial charge in [-0.25, -0.2) is 0 Å². The van der Waals surface area contributed by atoms with Crippen LogP contribution in [0.5, 0.6) is 0 Å². The van der Waals surface area contributed by atoms with E-state index in [-0.39, 0.29) is 0 Å². The van der Waals surface area contributed by atoms with Crippen LogP contribution in [0, 0.1) is 0 Å². The van der Waals surface area contributed by atoms with Gasteiger partial charge in [-0.2, -0.15) is 5.10 Å². The van der Waals surface area contributed by atoms with Crippen LogP contribution in [0.3, 0.4) is 0 Å². The first kappa shape index (κ1) is 13.4. The molecule has 0 amide bonds. The second-order valence-electron chi connectivity index (χ2n) is 4.52. The van der Waals surface area contributed by atoms with Gasteiger partial charge in [0.1, 0.15) is 0 Å². The number of pyridine rings is 1. The Bertz CT molecular complexity index is 391. The minimum atomic E-state index is 0.491. The summed E-state index contributed by atoms with van der Waals surface area (Å²) in [6, 6.07) is 6.48. The van der Waals surface area contributed by atoms with E-state index < -0.39 is 0 Å². The van der Waals surface area contributed by atoms with Gasteiger partial charge in [0.15, 0.2) is 0 Å². The largest absolute Gasteiger partial charge is 0.270 e. The second kappa shape index (κ2) is 6.84. The monoisotopic (exact) mass is 231 g/mol. The first-order chi connectivity index (χ1) is 8.11. The van der Waals surface area contributed by atoms with Crippen molar-refractivity contribution >= 4 is 0 Å². The summed E-state index contributed by atoms with van der Waals surface area (Å²) in [7, 11) is 0. The van der Waals surface area contributed by atoms with Crippen LogP contribution in [-0.4, -0.2) is 14.8 Å². The molecular weight excluding hydrogens is 210 g/mol. The molecule has 0 atom stereocenters. The van der Waals surface area contributed by atoms with Crippen molar-refractivity contribution in [3.8, 4) is 0 Å². The highest BCUT2D eigenvalue weighted by atomic mass is 15.3. The quantitative estimate of drug-likeness (QED) is 0.789. The van der Waals surface area contributed by atoms with E-state index in [2.05, 4.69) is 43.8 Å². The van der Waals surface area contributed by atoms with Crippen LogP contribution in [-0.2, 0) is 0 Å². The van der Waals surface area contributed by atoms with Crippen molar-refractivity contribution in [3.05, 3.63) is 48.5 Å². The third kappa shape index (κ3) is 4.81. The molecule has 3 heteroatoms. The highest BCUT2D eigenvalue weighted by molar-refractivity contribution is 5.12. The van der Waals surface area contributed by atoms with E-state index in [9.17, 15) is 0 Å². The summed E-state index contributed by atoms with van der Waals surface area (Å²) in [5.41, 5.74) is 1.30. The van der Waals surface area contributed by atoms with Gasteiger partial charge in [0.05, 0.1) is 0 Å². The summed E-state index contributed by atoms with van der Waals surface area (Å²) >= 11 is 0. The zero-order chi connectivity index (χ0) is 12.7. The van der Waals surface area contributed by atoms with E-state index in [1.54, 1.807) is 12.4 Å². The summed E-state index contributed by atoms with van der Waals surface area (Å²) in [5.74, 6) is 0.596. The fourth-order valence-corrected chi connectivity index (χ4v) is 1.30. The molecule has 0 saturated heterocycles. The molecule has 3 nitrogen and oxygen atoms in total. The molecule has 0 N–H and O–H groups in total. The van der Waals surface area contributed by atoms with Crippen LogP contribution < -0.4 is 0 Å². The Kier molecular flexibility index (Phi) is 5.40. The van der Waals surface area contributed by atoms with Crippen LogP contribution in [0.2, 0.25) is 0 Å². The van der Waals surface area contributed by atoms with E-state index in [0.717, 1.165) is 0 Å². The predicted octanol–water partition coefficient (Wildman–Crippen LogP) is 3.67. The van der Waals surface area contributed by atoms with Crippen molar-refractivity contribution in [2.45, 2.75) is 39.7 Å². The lowest BCUT2D eigenvalue weighted by Crippen LogP contribution is -1.99. The predicted molar refractivity (Wildman–Crippen MR) is 70.9 cm³/mol. The Morgan fingerprint density at radius 3 is 2.12 bits per heavy atom. The highest BCUT2D eigenvalue weighted by Crippen LogP contribution is 2.10. The number of nitrogens with zero attached hydrogens (tertiary/aromatic N) is 3. The lowest BCUT2D eigenvalue weighted by molar-refractivity contribution is 0.532. The lowest BCUT2D eigenvalue weighted by atomic mass is 10.1. The van der Waals surface area contributed by atoms with E-state index in [0.29, 0.717) is 12.0 Å². The van der Waals surface area contributed by atoms with Gasteiger partial charge in [-0.3, -0.25) is 9.67 Å². The Morgan fingerprint density at radius 1 is 1.06 bits per heavy atom. The smallest absolute Gasteiger partial charge is 0.0489 e. The maximum Gasteiger partial charge on any atom is 0.0489 e. The standard InChI is InChI=1S/C8H11N.C6H10N2/c1-7(2)8-4-3-5-9-6-8;1-6(2)8-5-3-4-7-8/h3-7H,1-2H3;3-6H,1-2H3. The second-order valence-corrected chi connectivity index (χ2v) is 4.52. The summed E-state index contributed by atoms with van der Waals surface area (Å²) in [5, 5.41) is 4.03. The molecule has 2 rings (SSSR count). The molecule has 0 aliphatic heterocycles. The maximum atomic E-state index is 4.03. The molecule has 17 heavy (non-hydrogen) atoms. The molecule has 2 heterocycles. The zero-order valence-corrected chi connectivity index (χ0v) is 11.0. The van der Waals surface area contributed by atoms with Gasteiger partial charge in [0, 0.05) is 30.8 Å². The minimum Gasteiger partial charge on any atom is -0.270 e. The first-order valence-electron chi connectivity index (χ1n) is 6.00. The van der Waals surface area contributed by atoms with Crippen molar-refractivity contribution in [1.82, 2.24) is 14.8 Å². The van der Waals surface area contributed by atoms with Gasteiger partial charge in [0.2, 0.25) is 0 Å². The molecule has 0 aliphatic carbocycles. The number of aromatic nitrogens is 3. The normalized spacial score (nSPS) is 10.2. The van der Waals surface area contributed by atoms with Crippen LogP contribution >= 0.6 is 0 Å². The molecule has 0 bridgehead atoms. The molecule has 0 aromatic carbocycles. The molecule has 0 aliphatic rings. The molecule has 0 saturated carbocycles. The fraction of sp³-hybridized carbons (Fsp3) is 0.429. The van der Waals surface area contributed by atoms with E-state index >= 15 is 0 Å². The van der Waals surface area contributed by atoms with E-state index in [4.69, 9.17) is 0 Å². The average molecular weight is 231 g/mol. The van der Waals surface area contributed by atoms with Crippen LogP contribution in [0.15, 0.2) is 43.0 Å². The first-order valence-corrected chi connectivity index (χ1v) is 6.00. The van der Waals surface area contributed by atoms with Gasteiger partial charge >= 0.3 is 0 Å². The van der Waals surface area contributed by atoms with Gasteiger partial charge < -0.3 is 0 Å². The molecule has 2 aromatic heterocycles. The Labute approximate surface area is 104 Å². The Morgan fingerprint density at radius 2 is 1.82 bits per heavy atom. The van der Waals surface area contributed by atoms with Crippen LogP contribution in [0.1, 0.15) is 45.2 Å². The summed E-state index contributed by atoms with van der Waals surface area (Å²) < 4.78 is 1.92. The summed E-state index contributed by atoms with van der Waals surface area (Å²) in [6.07, 6.45) is 7.46. The van der Waals surface area contributed by atoms with Gasteiger partial charge in [0.25, 0.3) is 0 Å². The third-order valence-electron chi connectivity index (χ3n) is 2.41. The maximum absolute atomic E-state index is 4.03. The molecule has 0 spiro atoms. The Hall–Kier alpha value is -1.64. The molecule has 0 fully saturated rings. The molecule has 0 unspecified atom stereocenters. The Balaban J connectivity index is 0.000000171. The van der Waals surface area contributed by atoms with Crippen LogP contribution in [0.4, 0.5) is 0 Å². The fourth-order valence-electron chi connectivity index (χ4n) is 1.30. The van der Waals surface area contributed by atoms with Crippen molar-refractivity contribution in [3.63, 3.8) is 0 Å². The van der Waals surface area contributed by atoms with Crippen LogP contribution in [0.25, 0.3) is 0 Å². The zero-order valence-electron chi connectivity index (χ0n) is 11.0. The number of rotatable bonds is 2. The van der Waals surface area contributed by atoms with Crippen molar-refractivity contribution in [2.75, 3.05) is 0 Å². The van der Waals surface area contributed by atoms with Crippen molar-refractivity contribution in [1.29, 1.82) is 0 Å². The van der Waals surface area contributed by atoms with E-state index in [1.165, 1.54) is 5.56 Å². The summed E-state index contributed by atoms with van der Waals surface area (Å²) in [6.45, 7) is 8.54. The molecule has 2 aromatic rings. The summed E-state index contributed by atoms with van der Waals surface area (Å²) in [4.78, 5) is 4.01. The lowest BCUT2D eigenvalue weighted by Gasteiger charge is -2.01. The molecule has 0 radical (unpaired) electrons. The topological polar surface area (TPSA) is 30.7 Å². The minimum absolute atomic E-state index is 0.491. The highest BCUT2D eigenvalue weighted by Gasteiger charge is 1.94. The molecule has 92 valence electrons. The number of hydrogen-bond acceptors (Lipinski definition) is 2. The van der Waals surface area contributed by atoms with E-state index in [1.807, 2.05) is 29.2 Å². The molecular formula is C14H21N3. The van der Waals surface area contributed by atoms with Gasteiger partial charge in [-0.1, -0.05) is 19.9 Å².